The summed E-state index contributed by atoms with van der Waals surface area (Å²) in [6.45, 7) is 2.55. The molecular formula is C10H16N2O2. The minimum atomic E-state index is -0.101. The average molecular weight is 196 g/mol. The van der Waals surface area contributed by atoms with Crippen molar-refractivity contribution in [2.75, 3.05) is 13.6 Å². The maximum Gasteiger partial charge on any atom is 0.289 e. The van der Waals surface area contributed by atoms with Gasteiger partial charge in [-0.25, -0.2) is 0 Å². The van der Waals surface area contributed by atoms with Crippen LogP contribution in [-0.4, -0.2) is 30.4 Å². The highest BCUT2D eigenvalue weighted by molar-refractivity contribution is 5.91. The number of carbonyl (C=O) groups is 1. The third-order valence-corrected chi connectivity index (χ3v) is 2.30. The summed E-state index contributed by atoms with van der Waals surface area (Å²) in [5.41, 5.74) is 5.42. The van der Waals surface area contributed by atoms with Gasteiger partial charge in [0, 0.05) is 13.1 Å². The Bertz CT molecular complexity index is 282. The highest BCUT2D eigenvalue weighted by Crippen LogP contribution is 2.08. The van der Waals surface area contributed by atoms with Crippen molar-refractivity contribution in [3.05, 3.63) is 24.2 Å². The molecule has 0 fully saturated rings. The van der Waals surface area contributed by atoms with Crippen molar-refractivity contribution in [1.82, 2.24) is 4.90 Å². The molecule has 0 aromatic carbocycles. The van der Waals surface area contributed by atoms with Gasteiger partial charge in [-0.2, -0.15) is 0 Å². The second kappa shape index (κ2) is 4.81. The molecule has 1 heterocycles. The number of hydrogen-bond donors (Lipinski definition) is 1. The van der Waals surface area contributed by atoms with Gasteiger partial charge in [0.25, 0.3) is 5.91 Å². The van der Waals surface area contributed by atoms with E-state index >= 15 is 0 Å². The van der Waals surface area contributed by atoms with E-state index in [1.165, 1.54) is 6.26 Å². The van der Waals surface area contributed by atoms with Crippen LogP contribution in [0, 0.1) is 0 Å². The Morgan fingerprint density at radius 1 is 1.71 bits per heavy atom. The Morgan fingerprint density at radius 2 is 2.43 bits per heavy atom. The van der Waals surface area contributed by atoms with E-state index in [1.807, 2.05) is 6.92 Å². The molecule has 1 atom stereocenters. The van der Waals surface area contributed by atoms with E-state index in [2.05, 4.69) is 0 Å². The molecule has 0 saturated heterocycles. The minimum absolute atomic E-state index is 0.101. The molecule has 4 nitrogen and oxygen atoms in total. The van der Waals surface area contributed by atoms with Gasteiger partial charge < -0.3 is 15.1 Å². The van der Waals surface area contributed by atoms with Crippen LogP contribution >= 0.6 is 0 Å². The lowest BCUT2D eigenvalue weighted by molar-refractivity contribution is 0.0707. The van der Waals surface area contributed by atoms with Crippen LogP contribution in [0.25, 0.3) is 0 Å². The molecule has 0 bridgehead atoms. The highest BCUT2D eigenvalue weighted by atomic mass is 16.3. The van der Waals surface area contributed by atoms with Gasteiger partial charge in [0.05, 0.1) is 6.26 Å². The molecule has 14 heavy (non-hydrogen) atoms. The lowest BCUT2D eigenvalue weighted by Gasteiger charge is -2.23. The van der Waals surface area contributed by atoms with Crippen LogP contribution in [0.5, 0.6) is 0 Å². The number of furan rings is 1. The SMILES string of the molecule is CC(CCN)N(C)C(=O)c1ccco1. The van der Waals surface area contributed by atoms with E-state index in [-0.39, 0.29) is 11.9 Å². The molecule has 0 spiro atoms. The fourth-order valence-electron chi connectivity index (χ4n) is 1.21. The first-order valence-electron chi connectivity index (χ1n) is 4.67. The third-order valence-electron chi connectivity index (χ3n) is 2.30. The third kappa shape index (κ3) is 2.35. The van der Waals surface area contributed by atoms with Gasteiger partial charge in [0.1, 0.15) is 0 Å². The van der Waals surface area contributed by atoms with E-state index < -0.39 is 0 Å². The smallest absolute Gasteiger partial charge is 0.289 e. The number of hydrogen-bond acceptors (Lipinski definition) is 3. The lowest BCUT2D eigenvalue weighted by atomic mass is 10.2. The van der Waals surface area contributed by atoms with Crippen molar-refractivity contribution in [2.24, 2.45) is 5.73 Å². The van der Waals surface area contributed by atoms with Crippen LogP contribution in [0.15, 0.2) is 22.8 Å². The maximum absolute atomic E-state index is 11.7. The predicted molar refractivity (Wildman–Crippen MR) is 53.9 cm³/mol. The molecule has 78 valence electrons. The van der Waals surface area contributed by atoms with Crippen LogP contribution in [0.1, 0.15) is 23.9 Å². The summed E-state index contributed by atoms with van der Waals surface area (Å²) >= 11 is 0. The van der Waals surface area contributed by atoms with Gasteiger partial charge >= 0.3 is 0 Å². The topological polar surface area (TPSA) is 59.5 Å². The molecule has 1 amide bonds. The quantitative estimate of drug-likeness (QED) is 0.784. The largest absolute Gasteiger partial charge is 0.459 e. The van der Waals surface area contributed by atoms with Gasteiger partial charge in [-0.3, -0.25) is 4.79 Å². The first-order chi connectivity index (χ1) is 6.66. The standard InChI is InChI=1S/C10H16N2O2/c1-8(5-6-11)12(2)10(13)9-4-3-7-14-9/h3-4,7-8H,5-6,11H2,1-2H3. The summed E-state index contributed by atoms with van der Waals surface area (Å²) in [6.07, 6.45) is 2.29. The van der Waals surface area contributed by atoms with Crippen LogP contribution in [-0.2, 0) is 0 Å². The normalized spacial score (nSPS) is 12.5. The highest BCUT2D eigenvalue weighted by Gasteiger charge is 2.18. The average Bonchev–Trinajstić information content (AvgIpc) is 2.68. The molecule has 1 aromatic heterocycles. The molecule has 4 heteroatoms. The Balaban J connectivity index is 2.61. The lowest BCUT2D eigenvalue weighted by Crippen LogP contribution is -2.36. The summed E-state index contributed by atoms with van der Waals surface area (Å²) in [5.74, 6) is 0.271. The summed E-state index contributed by atoms with van der Waals surface area (Å²) in [7, 11) is 1.76. The Morgan fingerprint density at radius 3 is 2.93 bits per heavy atom. The zero-order valence-electron chi connectivity index (χ0n) is 8.56. The molecule has 2 N–H and O–H groups in total. The van der Waals surface area contributed by atoms with Crippen LogP contribution < -0.4 is 5.73 Å². The van der Waals surface area contributed by atoms with Gasteiger partial charge in [0.2, 0.25) is 0 Å². The van der Waals surface area contributed by atoms with E-state index in [0.29, 0.717) is 12.3 Å². The van der Waals surface area contributed by atoms with Gasteiger partial charge in [0.15, 0.2) is 5.76 Å². The molecule has 1 unspecified atom stereocenters. The summed E-state index contributed by atoms with van der Waals surface area (Å²) < 4.78 is 5.02. The second-order valence-corrected chi connectivity index (χ2v) is 3.32. The summed E-state index contributed by atoms with van der Waals surface area (Å²) in [6, 6.07) is 3.50. The van der Waals surface area contributed by atoms with Crippen LogP contribution in [0.4, 0.5) is 0 Å². The van der Waals surface area contributed by atoms with Crippen molar-refractivity contribution in [2.45, 2.75) is 19.4 Å². The number of nitrogens with two attached hydrogens (primary N) is 1. The fourth-order valence-corrected chi connectivity index (χ4v) is 1.21. The summed E-state index contributed by atoms with van der Waals surface area (Å²) in [4.78, 5) is 13.4. The second-order valence-electron chi connectivity index (χ2n) is 3.32. The summed E-state index contributed by atoms with van der Waals surface area (Å²) in [5, 5.41) is 0. The molecule has 0 radical (unpaired) electrons. The van der Waals surface area contributed by atoms with Crippen LogP contribution in [0.2, 0.25) is 0 Å². The molecule has 1 rings (SSSR count). The first-order valence-corrected chi connectivity index (χ1v) is 4.67. The number of amides is 1. The molecule has 0 aliphatic rings. The Kier molecular flexibility index (Phi) is 3.71. The number of nitrogens with zero attached hydrogens (tertiary/aromatic N) is 1. The number of carbonyl (C=O) groups excluding carboxylic acids is 1. The van der Waals surface area contributed by atoms with Crippen molar-refractivity contribution in [1.29, 1.82) is 0 Å². The molecule has 0 saturated carbocycles. The zero-order valence-corrected chi connectivity index (χ0v) is 8.56. The van der Waals surface area contributed by atoms with E-state index in [1.54, 1.807) is 24.1 Å². The van der Waals surface area contributed by atoms with Crippen molar-refractivity contribution < 1.29 is 9.21 Å². The maximum atomic E-state index is 11.7. The van der Waals surface area contributed by atoms with Gasteiger partial charge in [-0.05, 0) is 32.0 Å². The van der Waals surface area contributed by atoms with Crippen molar-refractivity contribution >= 4 is 5.91 Å². The molecule has 1 aromatic rings. The van der Waals surface area contributed by atoms with Crippen molar-refractivity contribution in [3.8, 4) is 0 Å². The minimum Gasteiger partial charge on any atom is -0.459 e. The van der Waals surface area contributed by atoms with Crippen molar-refractivity contribution in [3.63, 3.8) is 0 Å². The van der Waals surface area contributed by atoms with Gasteiger partial charge in [-0.1, -0.05) is 0 Å². The van der Waals surface area contributed by atoms with E-state index in [9.17, 15) is 4.79 Å². The zero-order chi connectivity index (χ0) is 10.6. The number of rotatable bonds is 4. The predicted octanol–water partition coefficient (Wildman–Crippen LogP) is 1.09. The van der Waals surface area contributed by atoms with E-state index in [0.717, 1.165) is 6.42 Å². The monoisotopic (exact) mass is 196 g/mol. The first kappa shape index (κ1) is 10.8. The Labute approximate surface area is 83.7 Å². The molecule has 0 aliphatic carbocycles. The molecule has 0 aliphatic heterocycles. The fraction of sp³-hybridized carbons (Fsp3) is 0.500. The Hall–Kier alpha value is -1.29. The van der Waals surface area contributed by atoms with Gasteiger partial charge in [-0.15, -0.1) is 0 Å². The van der Waals surface area contributed by atoms with Crippen LogP contribution in [0.3, 0.4) is 0 Å². The molecular weight excluding hydrogens is 180 g/mol. The van der Waals surface area contributed by atoms with E-state index in [4.69, 9.17) is 10.2 Å².